The van der Waals surface area contributed by atoms with E-state index < -0.39 is 59.9 Å². The zero-order chi connectivity index (χ0) is 32.0. The first-order chi connectivity index (χ1) is 20.7. The normalized spacial score (nSPS) is 23.9. The van der Waals surface area contributed by atoms with Crippen LogP contribution in [0.1, 0.15) is 62.7 Å². The van der Waals surface area contributed by atoms with Crippen LogP contribution in [0.25, 0.3) is 0 Å². The molecular weight excluding hydrogens is 595 g/mol. The van der Waals surface area contributed by atoms with E-state index in [4.69, 9.17) is 9.73 Å². The summed E-state index contributed by atoms with van der Waals surface area (Å²) in [6, 6.07) is 2.02. The Morgan fingerprint density at radius 2 is 2.02 bits per heavy atom. The molecule has 2 aromatic rings. The van der Waals surface area contributed by atoms with Crippen LogP contribution in [0.5, 0.6) is 0 Å². The van der Waals surface area contributed by atoms with Gasteiger partial charge in [0.15, 0.2) is 10.8 Å². The molecule has 5 rings (SSSR count). The molecule has 2 saturated heterocycles. The summed E-state index contributed by atoms with van der Waals surface area (Å²) in [4.78, 5) is 37.9. The number of hydrogen-bond acceptors (Lipinski definition) is 9. The molecule has 3 atom stereocenters. The van der Waals surface area contributed by atoms with Crippen molar-refractivity contribution >= 4 is 29.1 Å². The second kappa shape index (κ2) is 12.2. The topological polar surface area (TPSA) is 107 Å². The molecule has 13 heteroatoms. The largest absolute Gasteiger partial charge is 0.481 e. The fraction of sp³-hybridized carbons (Fsp3) is 0.548. The predicted molar refractivity (Wildman–Crippen MR) is 160 cm³/mol. The number of aliphatic imine (C=N–C) groups is 1. The van der Waals surface area contributed by atoms with Gasteiger partial charge in [0, 0.05) is 36.4 Å². The summed E-state index contributed by atoms with van der Waals surface area (Å²) in [7, 11) is 0. The number of thiazole rings is 1. The van der Waals surface area contributed by atoms with Crippen molar-refractivity contribution in [2.75, 3.05) is 26.2 Å². The fourth-order valence-electron chi connectivity index (χ4n) is 6.24. The zero-order valence-electron chi connectivity index (χ0n) is 25.4. The van der Waals surface area contributed by atoms with Crippen molar-refractivity contribution in [1.82, 2.24) is 20.1 Å². The van der Waals surface area contributed by atoms with Gasteiger partial charge in [-0.2, -0.15) is 0 Å². The number of carboxylic acids is 1. The van der Waals surface area contributed by atoms with Crippen molar-refractivity contribution in [1.29, 1.82) is 0 Å². The lowest BCUT2D eigenvalue weighted by Crippen LogP contribution is -2.46. The van der Waals surface area contributed by atoms with Crippen LogP contribution in [0, 0.1) is 18.2 Å². The molecule has 4 heterocycles. The van der Waals surface area contributed by atoms with Gasteiger partial charge in [-0.15, -0.1) is 11.3 Å². The van der Waals surface area contributed by atoms with Gasteiger partial charge in [0.25, 0.3) is 5.92 Å². The smallest absolute Gasteiger partial charge is 0.338 e. The minimum atomic E-state index is -3.06. The lowest BCUT2D eigenvalue weighted by Gasteiger charge is -2.32. The summed E-state index contributed by atoms with van der Waals surface area (Å²) in [5.41, 5.74) is 0.235. The molecule has 3 unspecified atom stereocenters. The Hall–Kier alpha value is -3.29. The van der Waals surface area contributed by atoms with E-state index in [9.17, 15) is 19.1 Å². The molecule has 3 aliphatic heterocycles. The van der Waals surface area contributed by atoms with Crippen molar-refractivity contribution in [2.45, 2.75) is 77.6 Å². The van der Waals surface area contributed by atoms with Crippen molar-refractivity contribution in [3.8, 4) is 0 Å². The van der Waals surface area contributed by atoms with E-state index in [1.165, 1.54) is 17.4 Å². The number of likely N-dealkylation sites (tertiary alicyclic amines) is 2. The number of ether oxygens (including phenoxy) is 1. The molecule has 44 heavy (non-hydrogen) atoms. The van der Waals surface area contributed by atoms with Crippen molar-refractivity contribution < 1.29 is 32.6 Å². The van der Waals surface area contributed by atoms with Crippen LogP contribution in [0.15, 0.2) is 46.0 Å². The Kier molecular flexibility index (Phi) is 8.94. The molecule has 1 aromatic heterocycles. The SMILES string of the molecule is Cc1c(F)cccc1C1N=C(c2nccs2)NC(CN2CC(F)(F)C3C2CCN3CCC(C)(C)C(=O)O)=C1C(=O)OC(C)C. The zero-order valence-corrected chi connectivity index (χ0v) is 26.3. The molecule has 2 N–H and O–H groups in total. The van der Waals surface area contributed by atoms with Gasteiger partial charge >= 0.3 is 11.9 Å². The summed E-state index contributed by atoms with van der Waals surface area (Å²) in [5, 5.41) is 15.0. The van der Waals surface area contributed by atoms with Gasteiger partial charge in [-0.3, -0.25) is 19.6 Å². The molecule has 3 aliphatic rings. The number of halogens is 3. The first-order valence-electron chi connectivity index (χ1n) is 14.7. The number of aromatic nitrogens is 1. The van der Waals surface area contributed by atoms with Crippen molar-refractivity contribution in [3.63, 3.8) is 0 Å². The molecule has 0 amide bonds. The second-order valence-electron chi connectivity index (χ2n) is 12.6. The van der Waals surface area contributed by atoms with Crippen LogP contribution >= 0.6 is 11.3 Å². The number of amidine groups is 1. The van der Waals surface area contributed by atoms with Crippen LogP contribution in [0.3, 0.4) is 0 Å². The van der Waals surface area contributed by atoms with Crippen LogP contribution < -0.4 is 5.32 Å². The molecule has 1 aromatic carbocycles. The third-order valence-corrected chi connectivity index (χ3v) is 9.46. The Balaban J connectivity index is 1.52. The third-order valence-electron chi connectivity index (χ3n) is 8.68. The number of hydrogen-bond donors (Lipinski definition) is 2. The number of rotatable bonds is 10. The minimum absolute atomic E-state index is 0.0248. The van der Waals surface area contributed by atoms with Crippen molar-refractivity contribution in [2.24, 2.45) is 10.4 Å². The standard InChI is InChI=1S/C31H38F3N5O4S/c1-17(2)43-28(40)23-21(36-26(27-35-11-14-44-27)37-24(23)19-7-6-8-20(32)18(19)3)15-39-16-31(33,34)25-22(39)9-12-38(25)13-10-30(4,5)29(41)42/h6-8,11,14,17,22,24-25H,9-10,12-13,15-16H2,1-5H3,(H,36,37)(H,41,42). The Morgan fingerprint density at radius 3 is 2.68 bits per heavy atom. The summed E-state index contributed by atoms with van der Waals surface area (Å²) >= 11 is 1.32. The number of fused-ring (bicyclic) bond motifs is 1. The van der Waals surface area contributed by atoms with E-state index in [1.807, 2.05) is 0 Å². The van der Waals surface area contributed by atoms with Gasteiger partial charge in [-0.1, -0.05) is 12.1 Å². The lowest BCUT2D eigenvalue weighted by atomic mass is 9.89. The minimum Gasteiger partial charge on any atom is -0.481 e. The first-order valence-corrected chi connectivity index (χ1v) is 15.6. The van der Waals surface area contributed by atoms with E-state index in [2.05, 4.69) is 10.3 Å². The van der Waals surface area contributed by atoms with Gasteiger partial charge < -0.3 is 15.2 Å². The number of carboxylic acid groups (broad SMARTS) is 1. The number of aliphatic carboxylic acids is 1. The Bertz CT molecular complexity index is 1480. The summed E-state index contributed by atoms with van der Waals surface area (Å²) in [6.07, 6.45) is 1.85. The summed E-state index contributed by atoms with van der Waals surface area (Å²) in [5.74, 6) is -4.79. The van der Waals surface area contributed by atoms with E-state index in [-0.39, 0.29) is 25.1 Å². The Morgan fingerprint density at radius 1 is 1.27 bits per heavy atom. The first kappa shape index (κ1) is 32.1. The molecular formula is C31H38F3N5O4S. The highest BCUT2D eigenvalue weighted by Crippen LogP contribution is 2.43. The van der Waals surface area contributed by atoms with Crippen LogP contribution in [0.4, 0.5) is 13.2 Å². The fourth-order valence-corrected chi connectivity index (χ4v) is 6.83. The molecule has 2 fully saturated rings. The number of carbonyl (C=O) groups excluding carboxylic acids is 1. The summed E-state index contributed by atoms with van der Waals surface area (Å²) in [6.45, 7) is 8.31. The highest BCUT2D eigenvalue weighted by Gasteiger charge is 2.59. The highest BCUT2D eigenvalue weighted by atomic mass is 32.1. The van der Waals surface area contributed by atoms with E-state index >= 15 is 8.78 Å². The maximum atomic E-state index is 15.7. The average Bonchev–Trinajstić information content (AvgIpc) is 3.67. The molecule has 0 radical (unpaired) electrons. The number of nitrogens with zero attached hydrogens (tertiary/aromatic N) is 4. The monoisotopic (exact) mass is 633 g/mol. The number of esters is 1. The molecule has 0 saturated carbocycles. The Labute approximate surface area is 258 Å². The number of carbonyl (C=O) groups is 2. The number of benzene rings is 1. The molecule has 238 valence electrons. The predicted octanol–water partition coefficient (Wildman–Crippen LogP) is 4.78. The van der Waals surface area contributed by atoms with E-state index in [0.29, 0.717) is 40.6 Å². The van der Waals surface area contributed by atoms with Gasteiger partial charge in [-0.25, -0.2) is 22.9 Å². The van der Waals surface area contributed by atoms with Crippen LogP contribution in [-0.4, -0.2) is 88.0 Å². The summed E-state index contributed by atoms with van der Waals surface area (Å²) < 4.78 is 51.8. The highest BCUT2D eigenvalue weighted by molar-refractivity contribution is 7.11. The van der Waals surface area contributed by atoms with Gasteiger partial charge in [0.1, 0.15) is 11.9 Å². The van der Waals surface area contributed by atoms with Crippen LogP contribution in [0.2, 0.25) is 0 Å². The molecule has 0 aliphatic carbocycles. The van der Waals surface area contributed by atoms with E-state index in [0.717, 1.165) is 0 Å². The quantitative estimate of drug-likeness (QED) is 0.360. The average molecular weight is 634 g/mol. The number of alkyl halides is 2. The molecule has 9 nitrogen and oxygen atoms in total. The van der Waals surface area contributed by atoms with Gasteiger partial charge in [0.2, 0.25) is 0 Å². The lowest BCUT2D eigenvalue weighted by molar-refractivity contribution is -0.147. The van der Waals surface area contributed by atoms with E-state index in [1.54, 1.807) is 68.1 Å². The third kappa shape index (κ3) is 6.27. The molecule has 0 spiro atoms. The second-order valence-corrected chi connectivity index (χ2v) is 13.5. The maximum Gasteiger partial charge on any atom is 0.338 e. The molecule has 0 bridgehead atoms. The van der Waals surface area contributed by atoms with Gasteiger partial charge in [-0.05, 0) is 71.2 Å². The maximum absolute atomic E-state index is 15.7. The van der Waals surface area contributed by atoms with Crippen LogP contribution in [-0.2, 0) is 14.3 Å². The van der Waals surface area contributed by atoms with Gasteiger partial charge in [0.05, 0.1) is 29.7 Å². The number of nitrogens with one attached hydrogen (secondary N) is 1. The van der Waals surface area contributed by atoms with Crippen molar-refractivity contribution in [3.05, 3.63) is 63.0 Å².